The first-order valence-electron chi connectivity index (χ1n) is 6.32. The van der Waals surface area contributed by atoms with Gasteiger partial charge in [-0.05, 0) is 43.7 Å². The molecule has 1 rings (SSSR count). The number of rotatable bonds is 7. The second-order valence-electron chi connectivity index (χ2n) is 4.18. The smallest absolute Gasteiger partial charge is 0.251 e. The van der Waals surface area contributed by atoms with Gasteiger partial charge in [-0.25, -0.2) is 8.42 Å². The molecule has 1 aromatic rings. The molecule has 0 aliphatic rings. The molecule has 3 N–H and O–H groups in total. The predicted octanol–water partition coefficient (Wildman–Crippen LogP) is 1.37. The van der Waals surface area contributed by atoms with Crippen LogP contribution in [0.3, 0.4) is 0 Å². The van der Waals surface area contributed by atoms with Crippen LogP contribution in [-0.4, -0.2) is 33.2 Å². The topological polar surface area (TPSA) is 89.3 Å². The Morgan fingerprint density at radius 3 is 2.30 bits per heavy atom. The lowest BCUT2D eigenvalue weighted by molar-refractivity contribution is 0.0953. The van der Waals surface area contributed by atoms with Crippen LogP contribution in [0.15, 0.2) is 29.2 Å². The number of carbonyl (C=O) groups is 1. The maximum absolute atomic E-state index is 11.7. The van der Waals surface area contributed by atoms with Gasteiger partial charge < -0.3 is 11.1 Å². The molecule has 0 aromatic heterocycles. The molecule has 0 saturated carbocycles. The average Bonchev–Trinajstić information content (AvgIpc) is 2.43. The number of amides is 1. The highest BCUT2D eigenvalue weighted by Gasteiger charge is 2.12. The molecular formula is C13H21ClN2O3S. The molecule has 0 radical (unpaired) electrons. The second-order valence-corrected chi connectivity index (χ2v) is 6.46. The molecule has 20 heavy (non-hydrogen) atoms. The Morgan fingerprint density at radius 1 is 1.20 bits per heavy atom. The number of benzene rings is 1. The summed E-state index contributed by atoms with van der Waals surface area (Å²) < 4.78 is 23.2. The third-order valence-corrected chi connectivity index (χ3v) is 4.52. The van der Waals surface area contributed by atoms with E-state index in [1.807, 2.05) is 0 Å². The average molecular weight is 321 g/mol. The summed E-state index contributed by atoms with van der Waals surface area (Å²) in [4.78, 5) is 12.0. The van der Waals surface area contributed by atoms with Crippen molar-refractivity contribution in [3.8, 4) is 0 Å². The van der Waals surface area contributed by atoms with E-state index in [2.05, 4.69) is 5.32 Å². The minimum atomic E-state index is -3.21. The van der Waals surface area contributed by atoms with E-state index < -0.39 is 9.84 Å². The summed E-state index contributed by atoms with van der Waals surface area (Å²) in [6.45, 7) is 2.78. The summed E-state index contributed by atoms with van der Waals surface area (Å²) in [5, 5.41) is 2.76. The zero-order valence-corrected chi connectivity index (χ0v) is 13.1. The molecule has 7 heteroatoms. The van der Waals surface area contributed by atoms with E-state index in [-0.39, 0.29) is 29.0 Å². The van der Waals surface area contributed by atoms with Crippen LogP contribution in [0.4, 0.5) is 0 Å². The predicted molar refractivity (Wildman–Crippen MR) is 82.0 cm³/mol. The first kappa shape index (κ1) is 18.9. The zero-order chi connectivity index (χ0) is 14.3. The molecule has 0 heterocycles. The monoisotopic (exact) mass is 320 g/mol. The third-order valence-electron chi connectivity index (χ3n) is 2.77. The van der Waals surface area contributed by atoms with E-state index in [9.17, 15) is 13.2 Å². The Hall–Kier alpha value is -1.11. The van der Waals surface area contributed by atoms with Crippen LogP contribution in [0.2, 0.25) is 0 Å². The molecule has 114 valence electrons. The van der Waals surface area contributed by atoms with Crippen molar-refractivity contribution in [1.82, 2.24) is 5.32 Å². The van der Waals surface area contributed by atoms with Gasteiger partial charge in [-0.1, -0.05) is 6.92 Å². The van der Waals surface area contributed by atoms with Gasteiger partial charge in [0.25, 0.3) is 5.91 Å². The largest absolute Gasteiger partial charge is 0.352 e. The molecule has 0 saturated heterocycles. The molecule has 0 aliphatic carbocycles. The maximum atomic E-state index is 11.7. The molecule has 0 aliphatic heterocycles. The molecule has 0 unspecified atom stereocenters. The van der Waals surface area contributed by atoms with Gasteiger partial charge in [-0.2, -0.15) is 0 Å². The summed E-state index contributed by atoms with van der Waals surface area (Å²) in [6, 6.07) is 5.99. The molecular weight excluding hydrogens is 300 g/mol. The van der Waals surface area contributed by atoms with Gasteiger partial charge in [0, 0.05) is 12.1 Å². The third kappa shape index (κ3) is 5.48. The highest BCUT2D eigenvalue weighted by Crippen LogP contribution is 2.12. The first-order chi connectivity index (χ1) is 9.01. The second kappa shape index (κ2) is 8.94. The Morgan fingerprint density at radius 2 is 1.80 bits per heavy atom. The normalized spacial score (nSPS) is 10.7. The number of hydrogen-bond donors (Lipinski definition) is 2. The van der Waals surface area contributed by atoms with E-state index in [0.29, 0.717) is 18.7 Å². The fourth-order valence-electron chi connectivity index (χ4n) is 1.55. The van der Waals surface area contributed by atoms with E-state index in [0.717, 1.165) is 12.8 Å². The number of hydrogen-bond acceptors (Lipinski definition) is 4. The molecule has 0 fully saturated rings. The summed E-state index contributed by atoms with van der Waals surface area (Å²) in [5.74, 6) is -0.144. The number of nitrogens with two attached hydrogens (primary N) is 1. The van der Waals surface area contributed by atoms with Crippen LogP contribution in [0.5, 0.6) is 0 Å². The van der Waals surface area contributed by atoms with Crippen LogP contribution < -0.4 is 11.1 Å². The van der Waals surface area contributed by atoms with Gasteiger partial charge in [-0.15, -0.1) is 12.4 Å². The Kier molecular flexibility index (Phi) is 8.45. The number of nitrogens with one attached hydrogen (secondary N) is 1. The fourth-order valence-corrected chi connectivity index (χ4v) is 2.44. The van der Waals surface area contributed by atoms with E-state index in [4.69, 9.17) is 5.73 Å². The highest BCUT2D eigenvalue weighted by molar-refractivity contribution is 7.91. The molecule has 5 nitrogen and oxygen atoms in total. The van der Waals surface area contributed by atoms with Crippen molar-refractivity contribution in [2.75, 3.05) is 18.8 Å². The van der Waals surface area contributed by atoms with E-state index in [1.54, 1.807) is 6.92 Å². The van der Waals surface area contributed by atoms with Crippen molar-refractivity contribution in [3.63, 3.8) is 0 Å². The molecule has 0 atom stereocenters. The molecule has 0 spiro atoms. The fraction of sp³-hybridized carbons (Fsp3) is 0.462. The summed E-state index contributed by atoms with van der Waals surface area (Å²) in [7, 11) is -3.21. The highest BCUT2D eigenvalue weighted by atomic mass is 35.5. The first-order valence-corrected chi connectivity index (χ1v) is 7.97. The van der Waals surface area contributed by atoms with Crippen LogP contribution in [0.1, 0.15) is 30.1 Å². The van der Waals surface area contributed by atoms with Crippen LogP contribution in [-0.2, 0) is 9.84 Å². The van der Waals surface area contributed by atoms with E-state index >= 15 is 0 Å². The molecule has 1 aromatic carbocycles. The Labute approximate surface area is 126 Å². The minimum Gasteiger partial charge on any atom is -0.352 e. The van der Waals surface area contributed by atoms with Gasteiger partial charge in [0.2, 0.25) is 0 Å². The van der Waals surface area contributed by atoms with Gasteiger partial charge in [0.1, 0.15) is 0 Å². The number of sulfone groups is 1. The Bertz CT molecular complexity index is 515. The summed E-state index contributed by atoms with van der Waals surface area (Å²) >= 11 is 0. The lowest BCUT2D eigenvalue weighted by Gasteiger charge is -2.06. The SMILES string of the molecule is CCS(=O)(=O)c1ccc(C(=O)NCCCCN)cc1.Cl. The Balaban J connectivity index is 0.00000361. The summed E-state index contributed by atoms with van der Waals surface area (Å²) in [5.41, 5.74) is 5.82. The van der Waals surface area contributed by atoms with Crippen molar-refractivity contribution < 1.29 is 13.2 Å². The number of unbranched alkanes of at least 4 members (excludes halogenated alkanes) is 1. The zero-order valence-electron chi connectivity index (χ0n) is 11.5. The molecule has 1 amide bonds. The van der Waals surface area contributed by atoms with Crippen molar-refractivity contribution in [2.24, 2.45) is 5.73 Å². The van der Waals surface area contributed by atoms with Crippen LogP contribution in [0, 0.1) is 0 Å². The molecule has 0 bridgehead atoms. The van der Waals surface area contributed by atoms with Crippen LogP contribution in [0.25, 0.3) is 0 Å². The van der Waals surface area contributed by atoms with Gasteiger partial charge in [0.05, 0.1) is 10.6 Å². The van der Waals surface area contributed by atoms with Crippen LogP contribution >= 0.6 is 12.4 Å². The van der Waals surface area contributed by atoms with Crippen molar-refractivity contribution in [2.45, 2.75) is 24.7 Å². The van der Waals surface area contributed by atoms with E-state index in [1.165, 1.54) is 24.3 Å². The van der Waals surface area contributed by atoms with Crippen molar-refractivity contribution in [1.29, 1.82) is 0 Å². The lowest BCUT2D eigenvalue weighted by Crippen LogP contribution is -2.24. The van der Waals surface area contributed by atoms with Gasteiger partial charge in [0.15, 0.2) is 9.84 Å². The standard InChI is InChI=1S/C13H20N2O3S.ClH/c1-2-19(17,18)12-7-5-11(6-8-12)13(16)15-10-4-3-9-14;/h5-8H,2-4,9-10,14H2,1H3,(H,15,16);1H. The van der Waals surface area contributed by atoms with Crippen molar-refractivity contribution >= 4 is 28.2 Å². The summed E-state index contributed by atoms with van der Waals surface area (Å²) in [6.07, 6.45) is 1.71. The minimum absolute atomic E-state index is 0. The quantitative estimate of drug-likeness (QED) is 0.743. The number of halogens is 1. The van der Waals surface area contributed by atoms with Gasteiger partial charge >= 0.3 is 0 Å². The van der Waals surface area contributed by atoms with Crippen molar-refractivity contribution in [3.05, 3.63) is 29.8 Å². The lowest BCUT2D eigenvalue weighted by atomic mass is 10.2. The van der Waals surface area contributed by atoms with Gasteiger partial charge in [-0.3, -0.25) is 4.79 Å². The number of carbonyl (C=O) groups excluding carboxylic acids is 1. The maximum Gasteiger partial charge on any atom is 0.251 e.